The van der Waals surface area contributed by atoms with Crippen LogP contribution in [0.15, 0.2) is 29.6 Å². The molecule has 2 aromatic rings. The molecule has 0 aliphatic carbocycles. The van der Waals surface area contributed by atoms with Gasteiger partial charge in [-0.3, -0.25) is 4.79 Å². The smallest absolute Gasteiger partial charge is 0.221 e. The van der Waals surface area contributed by atoms with Gasteiger partial charge in [0.05, 0.1) is 15.7 Å². The monoisotopic (exact) mass is 314 g/mol. The SMILES string of the molecule is CC(=O)Nc1ccc(NCc2cc(Cl)cs2)cc1Cl. The molecule has 6 heteroatoms. The lowest BCUT2D eigenvalue weighted by atomic mass is 10.2. The number of anilines is 2. The molecule has 3 nitrogen and oxygen atoms in total. The van der Waals surface area contributed by atoms with Gasteiger partial charge < -0.3 is 10.6 Å². The van der Waals surface area contributed by atoms with Gasteiger partial charge in [-0.2, -0.15) is 0 Å². The number of benzene rings is 1. The van der Waals surface area contributed by atoms with Gasteiger partial charge in [0.2, 0.25) is 5.91 Å². The Kier molecular flexibility index (Phi) is 4.69. The van der Waals surface area contributed by atoms with Crippen LogP contribution >= 0.6 is 34.5 Å². The summed E-state index contributed by atoms with van der Waals surface area (Å²) >= 11 is 13.5. The highest BCUT2D eigenvalue weighted by Crippen LogP contribution is 2.26. The molecule has 1 aromatic heterocycles. The zero-order valence-corrected chi connectivity index (χ0v) is 12.5. The van der Waals surface area contributed by atoms with Crippen LogP contribution in [-0.2, 0) is 11.3 Å². The molecule has 0 unspecified atom stereocenters. The third kappa shape index (κ3) is 4.13. The summed E-state index contributed by atoms with van der Waals surface area (Å²) in [5.74, 6) is -0.143. The van der Waals surface area contributed by atoms with Crippen molar-refractivity contribution in [3.63, 3.8) is 0 Å². The number of carbonyl (C=O) groups excluding carboxylic acids is 1. The Morgan fingerprint density at radius 1 is 1.32 bits per heavy atom. The lowest BCUT2D eigenvalue weighted by Crippen LogP contribution is -2.06. The highest BCUT2D eigenvalue weighted by Gasteiger charge is 2.04. The van der Waals surface area contributed by atoms with E-state index in [-0.39, 0.29) is 5.91 Å². The highest BCUT2D eigenvalue weighted by molar-refractivity contribution is 7.10. The van der Waals surface area contributed by atoms with Crippen molar-refractivity contribution in [1.29, 1.82) is 0 Å². The molecule has 1 amide bonds. The fourth-order valence-electron chi connectivity index (χ4n) is 1.55. The van der Waals surface area contributed by atoms with E-state index in [2.05, 4.69) is 10.6 Å². The maximum atomic E-state index is 11.0. The number of halogens is 2. The molecule has 0 saturated heterocycles. The number of hydrogen-bond acceptors (Lipinski definition) is 3. The molecule has 0 atom stereocenters. The van der Waals surface area contributed by atoms with E-state index in [0.717, 1.165) is 15.6 Å². The molecule has 19 heavy (non-hydrogen) atoms. The van der Waals surface area contributed by atoms with Crippen LogP contribution in [0.4, 0.5) is 11.4 Å². The van der Waals surface area contributed by atoms with Crippen LogP contribution in [0.25, 0.3) is 0 Å². The summed E-state index contributed by atoms with van der Waals surface area (Å²) in [6.45, 7) is 2.14. The van der Waals surface area contributed by atoms with E-state index in [9.17, 15) is 4.79 Å². The highest BCUT2D eigenvalue weighted by atomic mass is 35.5. The summed E-state index contributed by atoms with van der Waals surface area (Å²) in [5, 5.41) is 9.06. The minimum Gasteiger partial charge on any atom is -0.380 e. The zero-order valence-electron chi connectivity index (χ0n) is 10.2. The summed E-state index contributed by atoms with van der Waals surface area (Å²) in [6, 6.07) is 7.34. The lowest BCUT2D eigenvalue weighted by molar-refractivity contribution is -0.114. The molecule has 0 aliphatic heterocycles. The van der Waals surface area contributed by atoms with Gasteiger partial charge in [-0.25, -0.2) is 0 Å². The molecule has 0 radical (unpaired) electrons. The third-order valence-electron chi connectivity index (χ3n) is 2.37. The Bertz CT molecular complexity index is 598. The van der Waals surface area contributed by atoms with Gasteiger partial charge in [0, 0.05) is 29.4 Å². The molecular formula is C13H12Cl2N2OS. The topological polar surface area (TPSA) is 41.1 Å². The van der Waals surface area contributed by atoms with Crippen LogP contribution in [0.2, 0.25) is 10.0 Å². The average molecular weight is 315 g/mol. The largest absolute Gasteiger partial charge is 0.380 e. The van der Waals surface area contributed by atoms with Gasteiger partial charge >= 0.3 is 0 Å². The lowest BCUT2D eigenvalue weighted by Gasteiger charge is -2.09. The second kappa shape index (κ2) is 6.28. The Labute approximate surface area is 125 Å². The Balaban J connectivity index is 2.01. The van der Waals surface area contributed by atoms with Gasteiger partial charge in [-0.1, -0.05) is 23.2 Å². The van der Waals surface area contributed by atoms with Gasteiger partial charge in [-0.05, 0) is 24.3 Å². The van der Waals surface area contributed by atoms with E-state index in [4.69, 9.17) is 23.2 Å². The number of nitrogens with one attached hydrogen (secondary N) is 2. The number of rotatable bonds is 4. The van der Waals surface area contributed by atoms with Gasteiger partial charge in [0.15, 0.2) is 0 Å². The molecule has 100 valence electrons. The first-order valence-corrected chi connectivity index (χ1v) is 7.22. The number of amides is 1. The van der Waals surface area contributed by atoms with Crippen molar-refractivity contribution in [3.8, 4) is 0 Å². The quantitative estimate of drug-likeness (QED) is 0.864. The van der Waals surface area contributed by atoms with Crippen LogP contribution in [0.1, 0.15) is 11.8 Å². The van der Waals surface area contributed by atoms with Crippen LogP contribution in [0.5, 0.6) is 0 Å². The molecule has 2 N–H and O–H groups in total. The van der Waals surface area contributed by atoms with E-state index in [1.165, 1.54) is 6.92 Å². The molecule has 0 bridgehead atoms. The molecule has 0 saturated carbocycles. The van der Waals surface area contributed by atoms with Gasteiger partial charge in [0.1, 0.15) is 0 Å². The van der Waals surface area contributed by atoms with Crippen LogP contribution in [-0.4, -0.2) is 5.91 Å². The number of carbonyl (C=O) groups is 1. The maximum absolute atomic E-state index is 11.0. The summed E-state index contributed by atoms with van der Waals surface area (Å²) < 4.78 is 0. The standard InChI is InChI=1S/C13H12Cl2N2OS/c1-8(18)17-13-3-2-10(5-12(13)15)16-6-11-4-9(14)7-19-11/h2-5,7,16H,6H2,1H3,(H,17,18). The third-order valence-corrected chi connectivity index (χ3v) is 3.97. The molecule has 0 fully saturated rings. The Morgan fingerprint density at radius 3 is 2.68 bits per heavy atom. The maximum Gasteiger partial charge on any atom is 0.221 e. The molecule has 0 aliphatic rings. The Hall–Kier alpha value is -1.23. The fraction of sp³-hybridized carbons (Fsp3) is 0.154. The molecule has 2 rings (SSSR count). The summed E-state index contributed by atoms with van der Waals surface area (Å²) in [4.78, 5) is 12.1. The van der Waals surface area contributed by atoms with E-state index < -0.39 is 0 Å². The van der Waals surface area contributed by atoms with Crippen molar-refractivity contribution < 1.29 is 4.79 Å². The van der Waals surface area contributed by atoms with E-state index in [1.807, 2.05) is 17.5 Å². The van der Waals surface area contributed by atoms with Crippen molar-refractivity contribution >= 4 is 51.8 Å². The summed E-state index contributed by atoms with van der Waals surface area (Å²) in [6.07, 6.45) is 0. The first kappa shape index (κ1) is 14.2. The van der Waals surface area contributed by atoms with E-state index >= 15 is 0 Å². The second-order valence-electron chi connectivity index (χ2n) is 3.96. The van der Waals surface area contributed by atoms with E-state index in [0.29, 0.717) is 17.3 Å². The average Bonchev–Trinajstić information content (AvgIpc) is 2.75. The van der Waals surface area contributed by atoms with Gasteiger partial charge in [0.25, 0.3) is 0 Å². The fourth-order valence-corrected chi connectivity index (χ4v) is 2.79. The van der Waals surface area contributed by atoms with Crippen molar-refractivity contribution in [1.82, 2.24) is 0 Å². The minimum atomic E-state index is -0.143. The predicted molar refractivity (Wildman–Crippen MR) is 82.4 cm³/mol. The second-order valence-corrected chi connectivity index (χ2v) is 5.80. The molecule has 0 spiro atoms. The summed E-state index contributed by atoms with van der Waals surface area (Å²) in [7, 11) is 0. The number of thiophene rings is 1. The van der Waals surface area contributed by atoms with Crippen LogP contribution in [0.3, 0.4) is 0 Å². The van der Waals surface area contributed by atoms with Crippen LogP contribution in [0, 0.1) is 0 Å². The molecule has 1 aromatic carbocycles. The minimum absolute atomic E-state index is 0.143. The summed E-state index contributed by atoms with van der Waals surface area (Å²) in [5.41, 5.74) is 1.50. The van der Waals surface area contributed by atoms with Crippen molar-refractivity contribution in [2.45, 2.75) is 13.5 Å². The van der Waals surface area contributed by atoms with Crippen LogP contribution < -0.4 is 10.6 Å². The zero-order chi connectivity index (χ0) is 13.8. The Morgan fingerprint density at radius 2 is 2.11 bits per heavy atom. The van der Waals surface area contributed by atoms with Crippen molar-refractivity contribution in [2.24, 2.45) is 0 Å². The van der Waals surface area contributed by atoms with Crippen molar-refractivity contribution in [2.75, 3.05) is 10.6 Å². The first-order chi connectivity index (χ1) is 9.04. The molecule has 1 heterocycles. The molecular weight excluding hydrogens is 303 g/mol. The predicted octanol–water partition coefficient (Wildman–Crippen LogP) is 4.63. The first-order valence-electron chi connectivity index (χ1n) is 5.58. The van der Waals surface area contributed by atoms with Gasteiger partial charge in [-0.15, -0.1) is 11.3 Å². The van der Waals surface area contributed by atoms with Crippen molar-refractivity contribution in [3.05, 3.63) is 44.6 Å². The normalized spacial score (nSPS) is 10.3. The number of hydrogen-bond donors (Lipinski definition) is 2. The van der Waals surface area contributed by atoms with E-state index in [1.54, 1.807) is 23.5 Å².